The van der Waals surface area contributed by atoms with E-state index in [0.29, 0.717) is 18.9 Å². The molecule has 0 fully saturated rings. The predicted molar refractivity (Wildman–Crippen MR) is 77.0 cm³/mol. The predicted octanol–water partition coefficient (Wildman–Crippen LogP) is 2.09. The fourth-order valence-corrected chi connectivity index (χ4v) is 2.32. The Morgan fingerprint density at radius 1 is 1.42 bits per heavy atom. The van der Waals surface area contributed by atoms with E-state index in [1.165, 1.54) is 0 Å². The fourth-order valence-electron chi connectivity index (χ4n) is 1.82. The van der Waals surface area contributed by atoms with E-state index >= 15 is 0 Å². The molecule has 1 atom stereocenters. The standard InChI is InChI=1S/C14H19NO3S/c1-2-19-10-14(16)15-8-7-11-9-17-12-5-3-4-6-13(12)18-11/h3-6,11H,2,7-10H2,1H3,(H,15,16). The van der Waals surface area contributed by atoms with Gasteiger partial charge in [-0.05, 0) is 17.9 Å². The maximum atomic E-state index is 11.4. The lowest BCUT2D eigenvalue weighted by Crippen LogP contribution is -2.34. The van der Waals surface area contributed by atoms with Gasteiger partial charge in [-0.3, -0.25) is 4.79 Å². The van der Waals surface area contributed by atoms with Gasteiger partial charge < -0.3 is 14.8 Å². The van der Waals surface area contributed by atoms with Gasteiger partial charge in [0.1, 0.15) is 12.7 Å². The molecule has 1 aromatic rings. The number of thioether (sulfide) groups is 1. The number of para-hydroxylation sites is 2. The molecular formula is C14H19NO3S. The number of ether oxygens (including phenoxy) is 2. The third-order valence-corrected chi connectivity index (χ3v) is 3.67. The van der Waals surface area contributed by atoms with Crippen LogP contribution in [0.3, 0.4) is 0 Å². The van der Waals surface area contributed by atoms with E-state index in [-0.39, 0.29) is 12.0 Å². The van der Waals surface area contributed by atoms with E-state index in [0.717, 1.165) is 23.7 Å². The van der Waals surface area contributed by atoms with Gasteiger partial charge in [0.15, 0.2) is 11.5 Å². The summed E-state index contributed by atoms with van der Waals surface area (Å²) < 4.78 is 11.4. The zero-order chi connectivity index (χ0) is 13.5. The Kier molecular flexibility index (Phi) is 5.39. The molecule has 1 aromatic carbocycles. The highest BCUT2D eigenvalue weighted by Gasteiger charge is 2.20. The van der Waals surface area contributed by atoms with Crippen molar-refractivity contribution in [2.24, 2.45) is 0 Å². The number of nitrogens with one attached hydrogen (secondary N) is 1. The number of carbonyl (C=O) groups excluding carboxylic acids is 1. The average molecular weight is 281 g/mol. The van der Waals surface area contributed by atoms with Crippen molar-refractivity contribution in [3.63, 3.8) is 0 Å². The molecule has 5 heteroatoms. The highest BCUT2D eigenvalue weighted by Crippen LogP contribution is 2.31. The summed E-state index contributed by atoms with van der Waals surface area (Å²) in [5.74, 6) is 3.16. The molecule has 2 rings (SSSR count). The van der Waals surface area contributed by atoms with E-state index in [1.807, 2.05) is 31.2 Å². The van der Waals surface area contributed by atoms with Crippen molar-refractivity contribution < 1.29 is 14.3 Å². The summed E-state index contributed by atoms with van der Waals surface area (Å²) in [7, 11) is 0. The van der Waals surface area contributed by atoms with E-state index in [2.05, 4.69) is 5.32 Å². The number of hydrogen-bond donors (Lipinski definition) is 1. The molecule has 1 heterocycles. The highest BCUT2D eigenvalue weighted by molar-refractivity contribution is 7.99. The summed E-state index contributed by atoms with van der Waals surface area (Å²) in [4.78, 5) is 11.4. The first-order chi connectivity index (χ1) is 9.29. The average Bonchev–Trinajstić information content (AvgIpc) is 2.45. The third kappa shape index (κ3) is 4.35. The Morgan fingerprint density at radius 3 is 3.00 bits per heavy atom. The molecule has 0 saturated heterocycles. The van der Waals surface area contributed by atoms with Gasteiger partial charge in [-0.15, -0.1) is 0 Å². The molecule has 0 bridgehead atoms. The quantitative estimate of drug-likeness (QED) is 0.867. The van der Waals surface area contributed by atoms with Crippen molar-refractivity contribution >= 4 is 17.7 Å². The van der Waals surface area contributed by atoms with Gasteiger partial charge in [-0.25, -0.2) is 0 Å². The second-order valence-corrected chi connectivity index (χ2v) is 5.55. The Morgan fingerprint density at radius 2 is 2.21 bits per heavy atom. The Balaban J connectivity index is 1.70. The van der Waals surface area contributed by atoms with Gasteiger partial charge in [0, 0.05) is 13.0 Å². The van der Waals surface area contributed by atoms with Gasteiger partial charge >= 0.3 is 0 Å². The number of amides is 1. The van der Waals surface area contributed by atoms with Crippen LogP contribution in [0.2, 0.25) is 0 Å². The molecule has 0 saturated carbocycles. The van der Waals surface area contributed by atoms with Crippen LogP contribution in [0, 0.1) is 0 Å². The van der Waals surface area contributed by atoms with Crippen molar-refractivity contribution in [2.75, 3.05) is 24.7 Å². The van der Waals surface area contributed by atoms with Gasteiger partial charge in [0.25, 0.3) is 0 Å². The van der Waals surface area contributed by atoms with Crippen LogP contribution in [-0.2, 0) is 4.79 Å². The lowest BCUT2D eigenvalue weighted by Gasteiger charge is -2.26. The lowest BCUT2D eigenvalue weighted by atomic mass is 10.2. The van der Waals surface area contributed by atoms with Gasteiger partial charge in [-0.2, -0.15) is 11.8 Å². The Labute approximate surface area is 117 Å². The summed E-state index contributed by atoms with van der Waals surface area (Å²) in [6, 6.07) is 7.65. The number of benzene rings is 1. The molecule has 0 spiro atoms. The molecule has 19 heavy (non-hydrogen) atoms. The third-order valence-electron chi connectivity index (χ3n) is 2.79. The minimum Gasteiger partial charge on any atom is -0.486 e. The molecule has 104 valence electrons. The molecule has 0 aromatic heterocycles. The monoisotopic (exact) mass is 281 g/mol. The molecule has 1 aliphatic heterocycles. The topological polar surface area (TPSA) is 47.6 Å². The Bertz CT molecular complexity index is 425. The SMILES string of the molecule is CCSCC(=O)NCCC1COc2ccccc2O1. The maximum Gasteiger partial charge on any atom is 0.229 e. The van der Waals surface area contributed by atoms with Crippen molar-refractivity contribution in [3.8, 4) is 11.5 Å². The first kappa shape index (κ1) is 14.1. The summed E-state index contributed by atoms with van der Waals surface area (Å²) in [5, 5.41) is 2.89. The highest BCUT2D eigenvalue weighted by atomic mass is 32.2. The van der Waals surface area contributed by atoms with Crippen LogP contribution >= 0.6 is 11.8 Å². The number of rotatable bonds is 6. The van der Waals surface area contributed by atoms with E-state index in [1.54, 1.807) is 11.8 Å². The number of carbonyl (C=O) groups is 1. The summed E-state index contributed by atoms with van der Waals surface area (Å²) in [6.45, 7) is 3.21. The zero-order valence-electron chi connectivity index (χ0n) is 11.1. The van der Waals surface area contributed by atoms with Crippen LogP contribution in [0.4, 0.5) is 0 Å². The number of fused-ring (bicyclic) bond motifs is 1. The number of hydrogen-bond acceptors (Lipinski definition) is 4. The van der Waals surface area contributed by atoms with E-state index in [4.69, 9.17) is 9.47 Å². The van der Waals surface area contributed by atoms with E-state index in [9.17, 15) is 4.79 Å². The second-order valence-electron chi connectivity index (χ2n) is 4.27. The van der Waals surface area contributed by atoms with Crippen LogP contribution in [0.5, 0.6) is 11.5 Å². The van der Waals surface area contributed by atoms with Gasteiger partial charge in [-0.1, -0.05) is 19.1 Å². The van der Waals surface area contributed by atoms with Crippen molar-refractivity contribution in [1.82, 2.24) is 5.32 Å². The molecule has 4 nitrogen and oxygen atoms in total. The zero-order valence-corrected chi connectivity index (χ0v) is 11.9. The molecular weight excluding hydrogens is 262 g/mol. The van der Waals surface area contributed by atoms with Gasteiger partial charge in [0.2, 0.25) is 5.91 Å². The maximum absolute atomic E-state index is 11.4. The normalized spacial score (nSPS) is 17.0. The van der Waals surface area contributed by atoms with Gasteiger partial charge in [0.05, 0.1) is 5.75 Å². The minimum atomic E-state index is 0.00836. The van der Waals surface area contributed by atoms with Crippen LogP contribution in [0.25, 0.3) is 0 Å². The smallest absolute Gasteiger partial charge is 0.229 e. The first-order valence-corrected chi connectivity index (χ1v) is 7.68. The lowest BCUT2D eigenvalue weighted by molar-refractivity contribution is -0.118. The van der Waals surface area contributed by atoms with Crippen molar-refractivity contribution in [2.45, 2.75) is 19.4 Å². The summed E-state index contributed by atoms with van der Waals surface area (Å²) in [6.07, 6.45) is 0.769. The summed E-state index contributed by atoms with van der Waals surface area (Å²) in [5.41, 5.74) is 0. The molecule has 1 unspecified atom stereocenters. The van der Waals surface area contributed by atoms with Crippen molar-refractivity contribution in [1.29, 1.82) is 0 Å². The van der Waals surface area contributed by atoms with Crippen LogP contribution in [-0.4, -0.2) is 36.7 Å². The largest absolute Gasteiger partial charge is 0.486 e. The molecule has 1 N–H and O–H groups in total. The molecule has 0 radical (unpaired) electrons. The second kappa shape index (κ2) is 7.28. The Hall–Kier alpha value is -1.36. The first-order valence-electron chi connectivity index (χ1n) is 6.52. The molecule has 0 aliphatic carbocycles. The van der Waals surface area contributed by atoms with Crippen LogP contribution in [0.15, 0.2) is 24.3 Å². The minimum absolute atomic E-state index is 0.00836. The van der Waals surface area contributed by atoms with Crippen molar-refractivity contribution in [3.05, 3.63) is 24.3 Å². The molecule has 1 amide bonds. The van der Waals surface area contributed by atoms with Crippen LogP contribution in [0.1, 0.15) is 13.3 Å². The fraction of sp³-hybridized carbons (Fsp3) is 0.500. The summed E-state index contributed by atoms with van der Waals surface area (Å²) >= 11 is 1.62. The van der Waals surface area contributed by atoms with E-state index < -0.39 is 0 Å². The van der Waals surface area contributed by atoms with Crippen LogP contribution < -0.4 is 14.8 Å². The molecule has 1 aliphatic rings.